The number of anilines is 1. The summed E-state index contributed by atoms with van der Waals surface area (Å²) in [7, 11) is 2.11. The number of aryl methyl sites for hydroxylation is 2. The highest BCUT2D eigenvalue weighted by Gasteiger charge is 2.27. The molecule has 1 aliphatic carbocycles. The third-order valence-electron chi connectivity index (χ3n) is 9.64. The molecule has 1 saturated heterocycles. The van der Waals surface area contributed by atoms with Crippen LogP contribution in [0, 0.1) is 20.8 Å². The Morgan fingerprint density at radius 3 is 2.42 bits per heavy atom. The third-order valence-corrected chi connectivity index (χ3v) is 9.64. The fraction of sp³-hybridized carbons (Fsp3) is 0.543. The zero-order valence-corrected chi connectivity index (χ0v) is 27.5. The molecule has 2 fully saturated rings. The Hall–Kier alpha value is -3.92. The third kappa shape index (κ3) is 8.03. The molecule has 0 bridgehead atoms. The van der Waals surface area contributed by atoms with E-state index in [0.717, 1.165) is 85.5 Å². The maximum atomic E-state index is 13.8. The van der Waals surface area contributed by atoms with E-state index >= 15 is 0 Å². The highest BCUT2D eigenvalue weighted by atomic mass is 16.2. The lowest BCUT2D eigenvalue weighted by molar-refractivity contribution is -0.119. The molecule has 1 aliphatic heterocycles. The van der Waals surface area contributed by atoms with Crippen LogP contribution >= 0.6 is 0 Å². The number of piperidine rings is 1. The summed E-state index contributed by atoms with van der Waals surface area (Å²) in [6.45, 7) is 11.6. The summed E-state index contributed by atoms with van der Waals surface area (Å²) in [6.07, 6.45) is 11.6. The van der Waals surface area contributed by atoms with E-state index < -0.39 is 0 Å². The second kappa shape index (κ2) is 14.5. The molecule has 3 aromatic rings. The first kappa shape index (κ1) is 32.5. The largest absolute Gasteiger partial charge is 0.371 e. The number of benzene rings is 1. The summed E-state index contributed by atoms with van der Waals surface area (Å²) in [5, 5.41) is 10.8. The Morgan fingerprint density at radius 2 is 1.73 bits per heavy atom. The molecule has 3 heterocycles. The fourth-order valence-corrected chi connectivity index (χ4v) is 6.99. The topological polar surface area (TPSA) is 115 Å². The van der Waals surface area contributed by atoms with Gasteiger partial charge in [-0.05, 0) is 107 Å². The fourth-order valence-electron chi connectivity index (χ4n) is 6.99. The van der Waals surface area contributed by atoms with Gasteiger partial charge < -0.3 is 25.4 Å². The van der Waals surface area contributed by atoms with Crippen molar-refractivity contribution in [2.75, 3.05) is 31.6 Å². The van der Waals surface area contributed by atoms with Crippen LogP contribution in [0.4, 0.5) is 5.69 Å². The summed E-state index contributed by atoms with van der Waals surface area (Å²) in [6, 6.07) is 6.55. The van der Waals surface area contributed by atoms with E-state index in [9.17, 15) is 14.4 Å². The SMILES string of the molecule is CC(=O)N[C@H]1CC[C@@H](N(C)c2cc(-c3cnn(CCN4CCCCC4)c3)cc(C(=O)NCc3c(C)cc(C)[nH]c3=O)c2C)CC1. The van der Waals surface area contributed by atoms with Gasteiger partial charge in [0.2, 0.25) is 5.91 Å². The maximum absolute atomic E-state index is 13.8. The Kier molecular flexibility index (Phi) is 10.4. The smallest absolute Gasteiger partial charge is 0.253 e. The molecular formula is C35H49N7O3. The number of carbonyl (C=O) groups is 2. The van der Waals surface area contributed by atoms with Crippen molar-refractivity contribution in [2.24, 2.45) is 0 Å². The molecule has 0 unspecified atom stereocenters. The second-order valence-electron chi connectivity index (χ2n) is 13.0. The van der Waals surface area contributed by atoms with Gasteiger partial charge in [0, 0.05) is 73.4 Å². The Balaban J connectivity index is 1.40. The quantitative estimate of drug-likeness (QED) is 0.310. The number of likely N-dealkylation sites (tertiary alicyclic amines) is 1. The standard InChI is InChI=1S/C35H49N7O3/c1-23-17-24(2)38-35(45)32(23)21-36-34(44)31-18-27(28-20-37-42(22-28)16-15-41-13-7-6-8-14-41)19-33(25(31)3)40(5)30-11-9-29(10-12-30)39-26(4)43/h17-20,22,29-30H,6-16,21H2,1-5H3,(H,36,44)(H,38,45)(H,39,43)/t29-,30+. The number of aromatic nitrogens is 3. The molecule has 2 amide bonds. The van der Waals surface area contributed by atoms with Crippen molar-refractivity contribution in [1.82, 2.24) is 30.3 Å². The van der Waals surface area contributed by atoms with Gasteiger partial charge in [-0.15, -0.1) is 0 Å². The minimum Gasteiger partial charge on any atom is -0.371 e. The first-order valence-electron chi connectivity index (χ1n) is 16.5. The lowest BCUT2D eigenvalue weighted by Crippen LogP contribution is -2.42. The molecule has 0 radical (unpaired) electrons. The van der Waals surface area contributed by atoms with Crippen molar-refractivity contribution < 1.29 is 9.59 Å². The van der Waals surface area contributed by atoms with Crippen LogP contribution in [0.3, 0.4) is 0 Å². The van der Waals surface area contributed by atoms with Crippen molar-refractivity contribution in [3.05, 3.63) is 68.9 Å². The maximum Gasteiger partial charge on any atom is 0.253 e. The molecule has 10 heteroatoms. The van der Waals surface area contributed by atoms with Gasteiger partial charge in [-0.3, -0.25) is 19.1 Å². The van der Waals surface area contributed by atoms with E-state index in [1.165, 1.54) is 19.3 Å². The summed E-state index contributed by atoms with van der Waals surface area (Å²) < 4.78 is 2.00. The summed E-state index contributed by atoms with van der Waals surface area (Å²) in [5.41, 5.74) is 6.44. The zero-order chi connectivity index (χ0) is 32.1. The number of hydrogen-bond donors (Lipinski definition) is 3. The number of rotatable bonds is 10. The number of aromatic amines is 1. The molecule has 0 spiro atoms. The normalized spacial score (nSPS) is 18.9. The van der Waals surface area contributed by atoms with E-state index in [-0.39, 0.29) is 30.0 Å². The van der Waals surface area contributed by atoms with Gasteiger partial charge in [0.15, 0.2) is 0 Å². The Labute approximate surface area is 266 Å². The van der Waals surface area contributed by atoms with Gasteiger partial charge in [0.05, 0.1) is 12.7 Å². The predicted octanol–water partition coefficient (Wildman–Crippen LogP) is 4.46. The molecule has 5 rings (SSSR count). The van der Waals surface area contributed by atoms with E-state index in [1.807, 2.05) is 43.8 Å². The number of nitrogens with zero attached hydrogens (tertiary/aromatic N) is 4. The van der Waals surface area contributed by atoms with Crippen LogP contribution in [0.5, 0.6) is 0 Å². The van der Waals surface area contributed by atoms with Crippen molar-refractivity contribution >= 4 is 17.5 Å². The Morgan fingerprint density at radius 1 is 1.00 bits per heavy atom. The van der Waals surface area contributed by atoms with E-state index in [4.69, 9.17) is 0 Å². The highest BCUT2D eigenvalue weighted by molar-refractivity contribution is 5.98. The van der Waals surface area contributed by atoms with E-state index in [0.29, 0.717) is 17.2 Å². The van der Waals surface area contributed by atoms with Crippen molar-refractivity contribution in [3.8, 4) is 11.1 Å². The van der Waals surface area contributed by atoms with Crippen LogP contribution in [-0.4, -0.2) is 70.2 Å². The van der Waals surface area contributed by atoms with Gasteiger partial charge in [-0.2, -0.15) is 5.10 Å². The van der Waals surface area contributed by atoms with Gasteiger partial charge in [0.25, 0.3) is 11.5 Å². The molecule has 0 atom stereocenters. The molecule has 2 aromatic heterocycles. The predicted molar refractivity (Wildman–Crippen MR) is 179 cm³/mol. The van der Waals surface area contributed by atoms with Crippen LogP contribution in [0.1, 0.15) is 84.6 Å². The summed E-state index contributed by atoms with van der Waals surface area (Å²) >= 11 is 0. The average Bonchev–Trinajstić information content (AvgIpc) is 3.49. The summed E-state index contributed by atoms with van der Waals surface area (Å²) in [4.78, 5) is 45.7. The first-order valence-corrected chi connectivity index (χ1v) is 16.5. The lowest BCUT2D eigenvalue weighted by atomic mass is 9.89. The van der Waals surface area contributed by atoms with Crippen molar-refractivity contribution in [3.63, 3.8) is 0 Å². The van der Waals surface area contributed by atoms with E-state index in [2.05, 4.69) is 49.8 Å². The van der Waals surface area contributed by atoms with Gasteiger partial charge in [-0.1, -0.05) is 6.42 Å². The number of nitrogens with one attached hydrogen (secondary N) is 3. The monoisotopic (exact) mass is 615 g/mol. The zero-order valence-electron chi connectivity index (χ0n) is 27.5. The molecule has 45 heavy (non-hydrogen) atoms. The van der Waals surface area contributed by atoms with Crippen LogP contribution in [0.2, 0.25) is 0 Å². The molecule has 2 aliphatic rings. The molecule has 1 aromatic carbocycles. The van der Waals surface area contributed by atoms with Crippen LogP contribution < -0.4 is 21.1 Å². The summed E-state index contributed by atoms with van der Waals surface area (Å²) in [5.74, 6) is -0.194. The Bertz CT molecular complexity index is 1560. The molecule has 10 nitrogen and oxygen atoms in total. The van der Waals surface area contributed by atoms with Crippen molar-refractivity contribution in [1.29, 1.82) is 0 Å². The molecular weight excluding hydrogens is 566 g/mol. The number of amides is 2. The van der Waals surface area contributed by atoms with Gasteiger partial charge >= 0.3 is 0 Å². The lowest BCUT2D eigenvalue weighted by Gasteiger charge is -2.37. The van der Waals surface area contributed by atoms with Crippen LogP contribution in [-0.2, 0) is 17.9 Å². The minimum atomic E-state index is -0.213. The number of pyridine rings is 1. The van der Waals surface area contributed by atoms with Gasteiger partial charge in [-0.25, -0.2) is 0 Å². The second-order valence-corrected chi connectivity index (χ2v) is 13.0. The number of carbonyl (C=O) groups excluding carboxylic acids is 2. The molecule has 1 saturated carbocycles. The minimum absolute atomic E-state index is 0.0188. The highest BCUT2D eigenvalue weighted by Crippen LogP contribution is 2.34. The molecule has 3 N–H and O–H groups in total. The van der Waals surface area contributed by atoms with Crippen LogP contribution in [0.25, 0.3) is 11.1 Å². The van der Waals surface area contributed by atoms with Crippen molar-refractivity contribution in [2.45, 2.75) is 97.8 Å². The number of hydrogen-bond acceptors (Lipinski definition) is 6. The van der Waals surface area contributed by atoms with E-state index in [1.54, 1.807) is 6.92 Å². The average molecular weight is 616 g/mol. The van der Waals surface area contributed by atoms with Gasteiger partial charge in [0.1, 0.15) is 0 Å². The number of H-pyrrole nitrogens is 1. The van der Waals surface area contributed by atoms with Crippen LogP contribution in [0.15, 0.2) is 35.4 Å². The molecule has 242 valence electrons. The first-order chi connectivity index (χ1) is 21.6.